The van der Waals surface area contributed by atoms with Crippen LogP contribution in [0, 0.1) is 0 Å². The molecule has 0 radical (unpaired) electrons. The van der Waals surface area contributed by atoms with Gasteiger partial charge in [0.05, 0.1) is 6.61 Å². The van der Waals surface area contributed by atoms with Crippen molar-refractivity contribution in [2.45, 2.75) is 19.4 Å². The Morgan fingerprint density at radius 2 is 2.07 bits per heavy atom. The first-order chi connectivity index (χ1) is 6.70. The van der Waals surface area contributed by atoms with Crippen LogP contribution in [0.2, 0.25) is 0 Å². The summed E-state index contributed by atoms with van der Waals surface area (Å²) in [6.45, 7) is 6.14. The fourth-order valence-electron chi connectivity index (χ4n) is 1.22. The molecule has 0 amide bonds. The third-order valence-electron chi connectivity index (χ3n) is 2.06. The van der Waals surface area contributed by atoms with Crippen LogP contribution in [-0.2, 0) is 9.47 Å². The molecule has 14 heavy (non-hydrogen) atoms. The van der Waals surface area contributed by atoms with Gasteiger partial charge in [-0.15, -0.1) is 0 Å². The monoisotopic (exact) mass is 204 g/mol. The van der Waals surface area contributed by atoms with E-state index in [1.165, 1.54) is 0 Å². The van der Waals surface area contributed by atoms with Crippen LogP contribution in [0.25, 0.3) is 0 Å². The lowest BCUT2D eigenvalue weighted by Gasteiger charge is -2.20. The van der Waals surface area contributed by atoms with Crippen LogP contribution >= 0.6 is 0 Å². The number of nitrogens with two attached hydrogens (primary N) is 1. The van der Waals surface area contributed by atoms with Crippen molar-refractivity contribution in [3.8, 4) is 0 Å². The van der Waals surface area contributed by atoms with Crippen molar-refractivity contribution in [2.75, 3.05) is 47.1 Å². The fourth-order valence-corrected chi connectivity index (χ4v) is 1.22. The second kappa shape index (κ2) is 9.40. The van der Waals surface area contributed by atoms with E-state index in [1.807, 2.05) is 6.92 Å². The minimum absolute atomic E-state index is 0.196. The van der Waals surface area contributed by atoms with E-state index in [1.54, 1.807) is 7.11 Å². The summed E-state index contributed by atoms with van der Waals surface area (Å²) in [6, 6.07) is 0.196. The van der Waals surface area contributed by atoms with Crippen LogP contribution in [0.5, 0.6) is 0 Å². The third-order valence-corrected chi connectivity index (χ3v) is 2.06. The standard InChI is InChI=1S/C10H24N2O2/c1-4-14-8-6-12(2)9-10(11)5-7-13-3/h10H,4-9,11H2,1-3H3. The average molecular weight is 204 g/mol. The zero-order valence-corrected chi connectivity index (χ0v) is 9.66. The van der Waals surface area contributed by atoms with Gasteiger partial charge in [0, 0.05) is 39.5 Å². The molecule has 0 aromatic heterocycles. The van der Waals surface area contributed by atoms with Gasteiger partial charge in [-0.2, -0.15) is 0 Å². The van der Waals surface area contributed by atoms with Crippen LogP contribution in [0.15, 0.2) is 0 Å². The van der Waals surface area contributed by atoms with Gasteiger partial charge in [-0.1, -0.05) is 0 Å². The molecule has 1 unspecified atom stereocenters. The maximum absolute atomic E-state index is 5.90. The molecule has 0 aromatic rings. The highest BCUT2D eigenvalue weighted by Gasteiger charge is 2.05. The number of ether oxygens (including phenoxy) is 2. The molecule has 0 aliphatic heterocycles. The first-order valence-corrected chi connectivity index (χ1v) is 5.21. The Kier molecular flexibility index (Phi) is 9.29. The van der Waals surface area contributed by atoms with Crippen molar-refractivity contribution in [2.24, 2.45) is 5.73 Å². The highest BCUT2D eigenvalue weighted by atomic mass is 16.5. The molecule has 86 valence electrons. The van der Waals surface area contributed by atoms with Crippen molar-refractivity contribution in [3.63, 3.8) is 0 Å². The highest BCUT2D eigenvalue weighted by Crippen LogP contribution is 1.92. The molecule has 1 atom stereocenters. The van der Waals surface area contributed by atoms with Gasteiger partial charge in [0.2, 0.25) is 0 Å². The van der Waals surface area contributed by atoms with Crippen molar-refractivity contribution in [1.82, 2.24) is 4.90 Å². The van der Waals surface area contributed by atoms with E-state index in [-0.39, 0.29) is 6.04 Å². The predicted octanol–water partition coefficient (Wildman–Crippen LogP) is 0.319. The van der Waals surface area contributed by atoms with E-state index in [0.29, 0.717) is 0 Å². The van der Waals surface area contributed by atoms with Gasteiger partial charge in [0.25, 0.3) is 0 Å². The molecule has 0 aliphatic carbocycles. The Hall–Kier alpha value is -0.160. The molecule has 0 saturated carbocycles. The summed E-state index contributed by atoms with van der Waals surface area (Å²) >= 11 is 0. The molecule has 0 rings (SSSR count). The largest absolute Gasteiger partial charge is 0.385 e. The number of nitrogens with zero attached hydrogens (tertiary/aromatic N) is 1. The average Bonchev–Trinajstić information content (AvgIpc) is 2.15. The Bertz CT molecular complexity index is 123. The van der Waals surface area contributed by atoms with Crippen molar-refractivity contribution in [1.29, 1.82) is 0 Å². The van der Waals surface area contributed by atoms with Crippen LogP contribution in [-0.4, -0.2) is 58.0 Å². The number of methoxy groups -OCH3 is 1. The number of likely N-dealkylation sites (N-methyl/N-ethyl adjacent to an activating group) is 1. The van der Waals surface area contributed by atoms with Gasteiger partial charge >= 0.3 is 0 Å². The highest BCUT2D eigenvalue weighted by molar-refractivity contribution is 4.65. The van der Waals surface area contributed by atoms with Crippen molar-refractivity contribution < 1.29 is 9.47 Å². The summed E-state index contributed by atoms with van der Waals surface area (Å²) in [7, 11) is 3.76. The minimum Gasteiger partial charge on any atom is -0.385 e. The molecular weight excluding hydrogens is 180 g/mol. The smallest absolute Gasteiger partial charge is 0.0593 e. The zero-order valence-electron chi connectivity index (χ0n) is 9.66. The second-order valence-electron chi connectivity index (χ2n) is 3.50. The number of hydrogen-bond acceptors (Lipinski definition) is 4. The van der Waals surface area contributed by atoms with Gasteiger partial charge in [0.1, 0.15) is 0 Å². The summed E-state index contributed by atoms with van der Waals surface area (Å²) in [5.74, 6) is 0. The van der Waals surface area contributed by atoms with Gasteiger partial charge in [-0.25, -0.2) is 0 Å². The predicted molar refractivity (Wildman–Crippen MR) is 58.5 cm³/mol. The molecule has 0 spiro atoms. The number of rotatable bonds is 9. The van der Waals surface area contributed by atoms with E-state index >= 15 is 0 Å². The van der Waals surface area contributed by atoms with Crippen LogP contribution < -0.4 is 5.73 Å². The van der Waals surface area contributed by atoms with E-state index in [4.69, 9.17) is 15.2 Å². The summed E-state index contributed by atoms with van der Waals surface area (Å²) in [5.41, 5.74) is 5.90. The van der Waals surface area contributed by atoms with E-state index in [2.05, 4.69) is 11.9 Å². The van der Waals surface area contributed by atoms with Crippen molar-refractivity contribution in [3.05, 3.63) is 0 Å². The van der Waals surface area contributed by atoms with Gasteiger partial charge in [0.15, 0.2) is 0 Å². The topological polar surface area (TPSA) is 47.7 Å². The van der Waals surface area contributed by atoms with Gasteiger partial charge < -0.3 is 20.1 Å². The first kappa shape index (κ1) is 13.8. The van der Waals surface area contributed by atoms with Gasteiger partial charge in [-0.05, 0) is 20.4 Å². The lowest BCUT2D eigenvalue weighted by atomic mass is 10.2. The molecular formula is C10H24N2O2. The molecule has 4 heteroatoms. The zero-order chi connectivity index (χ0) is 10.8. The summed E-state index contributed by atoms with van der Waals surface area (Å²) in [4.78, 5) is 2.19. The molecule has 0 saturated heterocycles. The molecule has 0 heterocycles. The Labute approximate surface area is 87.4 Å². The molecule has 0 aromatic carbocycles. The number of hydrogen-bond donors (Lipinski definition) is 1. The van der Waals surface area contributed by atoms with E-state index < -0.39 is 0 Å². The van der Waals surface area contributed by atoms with Crippen LogP contribution in [0.4, 0.5) is 0 Å². The Morgan fingerprint density at radius 1 is 1.36 bits per heavy atom. The van der Waals surface area contributed by atoms with Crippen LogP contribution in [0.1, 0.15) is 13.3 Å². The molecule has 0 fully saturated rings. The normalized spacial score (nSPS) is 13.5. The lowest BCUT2D eigenvalue weighted by molar-refractivity contribution is 0.117. The van der Waals surface area contributed by atoms with Gasteiger partial charge in [-0.3, -0.25) is 0 Å². The maximum Gasteiger partial charge on any atom is 0.0593 e. The van der Waals surface area contributed by atoms with Crippen LogP contribution in [0.3, 0.4) is 0 Å². The summed E-state index contributed by atoms with van der Waals surface area (Å²) < 4.78 is 10.2. The summed E-state index contributed by atoms with van der Waals surface area (Å²) in [5, 5.41) is 0. The van der Waals surface area contributed by atoms with E-state index in [0.717, 1.165) is 39.3 Å². The SMILES string of the molecule is CCOCCN(C)CC(N)CCOC. The molecule has 0 aliphatic rings. The Balaban J connectivity index is 3.35. The van der Waals surface area contributed by atoms with E-state index in [9.17, 15) is 0 Å². The third kappa shape index (κ3) is 8.44. The second-order valence-corrected chi connectivity index (χ2v) is 3.50. The molecule has 4 nitrogen and oxygen atoms in total. The first-order valence-electron chi connectivity index (χ1n) is 5.21. The maximum atomic E-state index is 5.90. The fraction of sp³-hybridized carbons (Fsp3) is 1.00. The van der Waals surface area contributed by atoms with Crippen molar-refractivity contribution >= 4 is 0 Å². The minimum atomic E-state index is 0.196. The summed E-state index contributed by atoms with van der Waals surface area (Å²) in [6.07, 6.45) is 0.912. The lowest BCUT2D eigenvalue weighted by Crippen LogP contribution is -2.37. The molecule has 0 bridgehead atoms. The Morgan fingerprint density at radius 3 is 2.64 bits per heavy atom. The quantitative estimate of drug-likeness (QED) is 0.549. The molecule has 2 N–H and O–H groups in total.